The number of benzene rings is 1. The first-order valence-electron chi connectivity index (χ1n) is 6.51. The van der Waals surface area contributed by atoms with Crippen molar-refractivity contribution in [3.8, 4) is 0 Å². The van der Waals surface area contributed by atoms with Crippen LogP contribution in [0.25, 0.3) is 0 Å². The Bertz CT molecular complexity index is 564. The largest absolute Gasteiger partial charge is 0.344 e. The summed E-state index contributed by atoms with van der Waals surface area (Å²) in [6.07, 6.45) is 1.96. The number of hydrogen-bond acceptors (Lipinski definition) is 2. The second kappa shape index (κ2) is 5.88. The Morgan fingerprint density at radius 2 is 1.79 bits per heavy atom. The third kappa shape index (κ3) is 3.25. The molecule has 1 aromatic carbocycles. The summed E-state index contributed by atoms with van der Waals surface area (Å²) in [5.41, 5.74) is 12.2. The van der Waals surface area contributed by atoms with E-state index in [9.17, 15) is 0 Å². The molecular weight excluding hydrogens is 302 g/mol. The van der Waals surface area contributed by atoms with Crippen molar-refractivity contribution in [2.45, 2.75) is 40.2 Å². The van der Waals surface area contributed by atoms with Gasteiger partial charge in [-0.05, 0) is 66.2 Å². The normalized spacial score (nSPS) is 11.0. The van der Waals surface area contributed by atoms with Gasteiger partial charge in [-0.2, -0.15) is 0 Å². The molecule has 0 saturated heterocycles. The summed E-state index contributed by atoms with van der Waals surface area (Å²) >= 11 is 3.48. The lowest BCUT2D eigenvalue weighted by atomic mass is 9.96. The topological polar surface area (TPSA) is 54.7 Å². The van der Waals surface area contributed by atoms with Crippen molar-refractivity contribution in [2.75, 3.05) is 0 Å². The highest BCUT2D eigenvalue weighted by molar-refractivity contribution is 9.10. The molecule has 0 aliphatic heterocycles. The zero-order chi connectivity index (χ0) is 14.0. The van der Waals surface area contributed by atoms with E-state index in [2.05, 4.69) is 58.8 Å². The number of hydrogen-bond donors (Lipinski definition) is 2. The van der Waals surface area contributed by atoms with Crippen LogP contribution in [0.2, 0.25) is 0 Å². The molecule has 2 aromatic rings. The first-order valence-corrected chi connectivity index (χ1v) is 7.30. The number of nitrogens with one attached hydrogen (secondary N) is 1. The third-order valence-electron chi connectivity index (χ3n) is 3.44. The number of halogens is 1. The zero-order valence-electron chi connectivity index (χ0n) is 11.7. The van der Waals surface area contributed by atoms with Crippen LogP contribution in [0.4, 0.5) is 0 Å². The highest BCUT2D eigenvalue weighted by Crippen LogP contribution is 2.21. The lowest BCUT2D eigenvalue weighted by Crippen LogP contribution is -2.00. The summed E-state index contributed by atoms with van der Waals surface area (Å²) in [5.74, 6) is 0.833. The van der Waals surface area contributed by atoms with Crippen LogP contribution >= 0.6 is 15.9 Å². The second-order valence-electron chi connectivity index (χ2n) is 5.03. The summed E-state index contributed by atoms with van der Waals surface area (Å²) in [6, 6.07) is 4.49. The van der Waals surface area contributed by atoms with Gasteiger partial charge in [0.2, 0.25) is 0 Å². The minimum Gasteiger partial charge on any atom is -0.344 e. The zero-order valence-corrected chi connectivity index (χ0v) is 13.3. The first kappa shape index (κ1) is 14.3. The van der Waals surface area contributed by atoms with E-state index in [0.29, 0.717) is 6.54 Å². The van der Waals surface area contributed by atoms with Crippen LogP contribution in [-0.2, 0) is 19.4 Å². The van der Waals surface area contributed by atoms with Crippen molar-refractivity contribution in [3.05, 3.63) is 50.5 Å². The van der Waals surface area contributed by atoms with Crippen molar-refractivity contribution < 1.29 is 0 Å². The molecule has 3 N–H and O–H groups in total. The third-order valence-corrected chi connectivity index (χ3v) is 4.09. The van der Waals surface area contributed by atoms with Gasteiger partial charge in [0.15, 0.2) is 0 Å². The van der Waals surface area contributed by atoms with Crippen LogP contribution in [-0.4, -0.2) is 9.97 Å². The molecule has 0 aliphatic rings. The molecule has 19 heavy (non-hydrogen) atoms. The standard InChI is InChI=1S/C15H20BrN3/c1-9-6-10(2)12(11(3)7-9)4-5-13-15(16)19-14(8-17)18-13/h6-7H,4-5,8,17H2,1-3H3,(H,18,19). The predicted octanol–water partition coefficient (Wildman–Crippen LogP) is 3.34. The van der Waals surface area contributed by atoms with Gasteiger partial charge in [0.25, 0.3) is 0 Å². The van der Waals surface area contributed by atoms with Gasteiger partial charge in [-0.1, -0.05) is 17.7 Å². The Labute approximate surface area is 122 Å². The number of aryl methyl sites for hydroxylation is 4. The number of H-pyrrole nitrogens is 1. The maximum absolute atomic E-state index is 5.59. The van der Waals surface area contributed by atoms with Crippen LogP contribution in [0.5, 0.6) is 0 Å². The average Bonchev–Trinajstić information content (AvgIpc) is 2.69. The Balaban J connectivity index is 2.16. The monoisotopic (exact) mass is 321 g/mol. The number of aromatic amines is 1. The molecule has 102 valence electrons. The predicted molar refractivity (Wildman–Crippen MR) is 82.2 cm³/mol. The molecule has 1 heterocycles. The quantitative estimate of drug-likeness (QED) is 0.907. The molecule has 0 spiro atoms. The van der Waals surface area contributed by atoms with Crippen molar-refractivity contribution in [2.24, 2.45) is 5.73 Å². The van der Waals surface area contributed by atoms with E-state index in [0.717, 1.165) is 29.0 Å². The van der Waals surface area contributed by atoms with Crippen molar-refractivity contribution >= 4 is 15.9 Å². The highest BCUT2D eigenvalue weighted by Gasteiger charge is 2.09. The second-order valence-corrected chi connectivity index (χ2v) is 5.79. The molecule has 4 heteroatoms. The maximum atomic E-state index is 5.59. The molecular formula is C15H20BrN3. The Hall–Kier alpha value is -1.13. The number of imidazole rings is 1. The van der Waals surface area contributed by atoms with Gasteiger partial charge in [0, 0.05) is 5.69 Å². The summed E-state index contributed by atoms with van der Waals surface area (Å²) in [5, 5.41) is 0. The molecule has 2 rings (SSSR count). The number of rotatable bonds is 4. The summed E-state index contributed by atoms with van der Waals surface area (Å²) < 4.78 is 0.885. The Morgan fingerprint density at radius 3 is 2.32 bits per heavy atom. The van der Waals surface area contributed by atoms with E-state index in [1.807, 2.05) is 0 Å². The Morgan fingerprint density at radius 1 is 1.16 bits per heavy atom. The van der Waals surface area contributed by atoms with Gasteiger partial charge in [-0.25, -0.2) is 4.98 Å². The SMILES string of the molecule is Cc1cc(C)c(CCc2[nH]c(CN)nc2Br)c(C)c1. The van der Waals surface area contributed by atoms with Crippen LogP contribution < -0.4 is 5.73 Å². The number of nitrogens with zero attached hydrogens (tertiary/aromatic N) is 1. The molecule has 0 unspecified atom stereocenters. The van der Waals surface area contributed by atoms with Crippen molar-refractivity contribution in [1.29, 1.82) is 0 Å². The molecule has 0 radical (unpaired) electrons. The first-order chi connectivity index (χ1) is 9.01. The van der Waals surface area contributed by atoms with Crippen LogP contribution in [0.3, 0.4) is 0 Å². The van der Waals surface area contributed by atoms with Gasteiger partial charge in [0.1, 0.15) is 10.4 Å². The summed E-state index contributed by atoms with van der Waals surface area (Å²) in [7, 11) is 0. The lowest BCUT2D eigenvalue weighted by Gasteiger charge is -2.10. The molecule has 0 saturated carbocycles. The smallest absolute Gasteiger partial charge is 0.127 e. The fourth-order valence-electron chi connectivity index (χ4n) is 2.56. The van der Waals surface area contributed by atoms with E-state index in [-0.39, 0.29) is 0 Å². The van der Waals surface area contributed by atoms with Crippen LogP contribution in [0.1, 0.15) is 33.8 Å². The summed E-state index contributed by atoms with van der Waals surface area (Å²) in [6.45, 7) is 6.95. The average molecular weight is 322 g/mol. The van der Waals surface area contributed by atoms with Crippen molar-refractivity contribution in [1.82, 2.24) is 9.97 Å². The fourth-order valence-corrected chi connectivity index (χ4v) is 3.07. The molecule has 0 atom stereocenters. The van der Waals surface area contributed by atoms with E-state index in [1.165, 1.54) is 22.3 Å². The van der Waals surface area contributed by atoms with Gasteiger partial charge in [-0.3, -0.25) is 0 Å². The minimum atomic E-state index is 0.446. The maximum Gasteiger partial charge on any atom is 0.127 e. The lowest BCUT2D eigenvalue weighted by molar-refractivity contribution is 0.883. The number of aromatic nitrogens is 2. The van der Waals surface area contributed by atoms with E-state index in [1.54, 1.807) is 0 Å². The molecule has 0 aliphatic carbocycles. The molecule has 0 fully saturated rings. The molecule has 3 nitrogen and oxygen atoms in total. The Kier molecular flexibility index (Phi) is 4.42. The minimum absolute atomic E-state index is 0.446. The molecule has 0 amide bonds. The van der Waals surface area contributed by atoms with Crippen LogP contribution in [0.15, 0.2) is 16.7 Å². The number of nitrogens with two attached hydrogens (primary N) is 1. The van der Waals surface area contributed by atoms with Crippen molar-refractivity contribution in [3.63, 3.8) is 0 Å². The molecule has 1 aromatic heterocycles. The van der Waals surface area contributed by atoms with Gasteiger partial charge in [-0.15, -0.1) is 0 Å². The summed E-state index contributed by atoms with van der Waals surface area (Å²) in [4.78, 5) is 7.61. The van der Waals surface area contributed by atoms with Gasteiger partial charge in [0.05, 0.1) is 6.54 Å². The van der Waals surface area contributed by atoms with E-state index in [4.69, 9.17) is 5.73 Å². The van der Waals surface area contributed by atoms with E-state index < -0.39 is 0 Å². The fraction of sp³-hybridized carbons (Fsp3) is 0.400. The van der Waals surface area contributed by atoms with E-state index >= 15 is 0 Å². The molecule has 0 bridgehead atoms. The highest BCUT2D eigenvalue weighted by atomic mass is 79.9. The van der Waals surface area contributed by atoms with Crippen LogP contribution in [0, 0.1) is 20.8 Å². The van der Waals surface area contributed by atoms with Gasteiger partial charge < -0.3 is 10.7 Å². The van der Waals surface area contributed by atoms with Gasteiger partial charge >= 0.3 is 0 Å².